The van der Waals surface area contributed by atoms with Crippen molar-refractivity contribution >= 4 is 22.5 Å². The van der Waals surface area contributed by atoms with E-state index < -0.39 is 10.8 Å². The molecular formula is C27H21N7. The minimum Gasteiger partial charge on any atom is -0.378 e. The van der Waals surface area contributed by atoms with Crippen LogP contribution in [0, 0.1) is 67.5 Å². The molecule has 3 rings (SSSR count). The quantitative estimate of drug-likeness (QED) is 0.632. The smallest absolute Gasteiger partial charge is 0.189 e. The van der Waals surface area contributed by atoms with Crippen LogP contribution in [0.3, 0.4) is 0 Å². The zero-order chi connectivity index (χ0) is 25.1. The minimum atomic E-state index is -1.87. The van der Waals surface area contributed by atoms with Gasteiger partial charge in [0, 0.05) is 45.1 Å². The Labute approximate surface area is 199 Å². The first kappa shape index (κ1) is 23.6. The normalized spacial score (nSPS) is 17.2. The molecule has 7 nitrogen and oxygen atoms in total. The highest BCUT2D eigenvalue weighted by Gasteiger charge is 2.65. The number of nitrogens with zero attached hydrogens (tertiary/aromatic N) is 7. The number of rotatable bonds is 5. The first-order valence-corrected chi connectivity index (χ1v) is 10.3. The van der Waals surface area contributed by atoms with Gasteiger partial charge in [-0.1, -0.05) is 24.3 Å². The Morgan fingerprint density at radius 3 is 1.53 bits per heavy atom. The maximum atomic E-state index is 10.6. The van der Waals surface area contributed by atoms with Crippen LogP contribution in [-0.4, -0.2) is 28.2 Å². The van der Waals surface area contributed by atoms with E-state index in [9.17, 15) is 26.3 Å². The number of allylic oxidation sites excluding steroid dienone is 4. The number of nitriles is 5. The van der Waals surface area contributed by atoms with Gasteiger partial charge in [0.15, 0.2) is 5.41 Å². The Balaban J connectivity index is 2.37. The van der Waals surface area contributed by atoms with E-state index in [-0.39, 0.29) is 11.1 Å². The molecule has 0 amide bonds. The summed E-state index contributed by atoms with van der Waals surface area (Å²) >= 11 is 0. The Bertz CT molecular complexity index is 1360. The van der Waals surface area contributed by atoms with Gasteiger partial charge in [-0.2, -0.15) is 26.3 Å². The predicted molar refractivity (Wildman–Crippen MR) is 129 cm³/mol. The lowest BCUT2D eigenvalue weighted by Crippen LogP contribution is -2.48. The van der Waals surface area contributed by atoms with Crippen molar-refractivity contribution in [2.75, 3.05) is 38.0 Å². The third kappa shape index (κ3) is 3.32. The van der Waals surface area contributed by atoms with Gasteiger partial charge in [-0.05, 0) is 47.0 Å². The molecule has 0 saturated carbocycles. The van der Waals surface area contributed by atoms with Gasteiger partial charge >= 0.3 is 0 Å². The molecule has 0 N–H and O–H groups in total. The molecule has 0 aromatic heterocycles. The van der Waals surface area contributed by atoms with E-state index in [1.54, 1.807) is 36.4 Å². The average molecular weight is 444 g/mol. The van der Waals surface area contributed by atoms with Gasteiger partial charge in [0.05, 0.1) is 18.2 Å². The van der Waals surface area contributed by atoms with Gasteiger partial charge in [0.25, 0.3) is 0 Å². The van der Waals surface area contributed by atoms with Crippen molar-refractivity contribution in [1.29, 1.82) is 26.3 Å². The second kappa shape index (κ2) is 8.84. The Kier molecular flexibility index (Phi) is 6.14. The van der Waals surface area contributed by atoms with Gasteiger partial charge in [-0.25, -0.2) is 0 Å². The van der Waals surface area contributed by atoms with Gasteiger partial charge < -0.3 is 9.80 Å². The SMILES string of the molecule is CN(C)c1ccc(C2=CC(C#N)(C#N)C2(C#N)C(=C(C#N)C#N)c2ccc(N(C)C)cc2)cc1. The summed E-state index contributed by atoms with van der Waals surface area (Å²) in [4.78, 5) is 3.81. The molecule has 2 aromatic carbocycles. The molecular weight excluding hydrogens is 422 g/mol. The van der Waals surface area contributed by atoms with E-state index in [0.717, 1.165) is 11.4 Å². The first-order valence-electron chi connectivity index (χ1n) is 10.3. The maximum absolute atomic E-state index is 10.6. The summed E-state index contributed by atoms with van der Waals surface area (Å²) in [6.45, 7) is 0. The van der Waals surface area contributed by atoms with Crippen molar-refractivity contribution in [2.45, 2.75) is 0 Å². The molecule has 0 fully saturated rings. The topological polar surface area (TPSA) is 125 Å². The number of anilines is 2. The molecule has 7 heteroatoms. The fourth-order valence-electron chi connectivity index (χ4n) is 4.21. The summed E-state index contributed by atoms with van der Waals surface area (Å²) < 4.78 is 0. The summed E-state index contributed by atoms with van der Waals surface area (Å²) in [7, 11) is 7.55. The second-order valence-electron chi connectivity index (χ2n) is 8.31. The van der Waals surface area contributed by atoms with Crippen molar-refractivity contribution in [3.63, 3.8) is 0 Å². The highest BCUT2D eigenvalue weighted by Crippen LogP contribution is 2.65. The molecule has 1 aliphatic rings. The zero-order valence-corrected chi connectivity index (χ0v) is 19.3. The first-order chi connectivity index (χ1) is 16.2. The van der Waals surface area contributed by atoms with E-state index in [2.05, 4.69) is 6.07 Å². The molecule has 1 unspecified atom stereocenters. The van der Waals surface area contributed by atoms with E-state index in [4.69, 9.17) is 0 Å². The Morgan fingerprint density at radius 1 is 0.676 bits per heavy atom. The highest BCUT2D eigenvalue weighted by atomic mass is 15.1. The molecule has 0 saturated heterocycles. The van der Waals surface area contributed by atoms with Gasteiger partial charge in [0.1, 0.15) is 23.1 Å². The number of hydrogen-bond donors (Lipinski definition) is 0. The Morgan fingerprint density at radius 2 is 1.15 bits per heavy atom. The van der Waals surface area contributed by atoms with Crippen LogP contribution in [0.5, 0.6) is 0 Å². The van der Waals surface area contributed by atoms with Gasteiger partial charge in [-0.3, -0.25) is 0 Å². The number of benzene rings is 2. The molecule has 1 aliphatic carbocycles. The van der Waals surface area contributed by atoms with Crippen LogP contribution in [0.4, 0.5) is 11.4 Å². The van der Waals surface area contributed by atoms with Crippen molar-refractivity contribution in [3.05, 3.63) is 71.3 Å². The molecule has 0 bridgehead atoms. The summed E-state index contributed by atoms with van der Waals surface area (Å²) in [6, 6.07) is 24.2. The van der Waals surface area contributed by atoms with Crippen LogP contribution < -0.4 is 9.80 Å². The fourth-order valence-corrected chi connectivity index (χ4v) is 4.21. The third-order valence-corrected chi connectivity index (χ3v) is 6.09. The molecule has 1 atom stereocenters. The minimum absolute atomic E-state index is 0.0580. The second-order valence-corrected chi connectivity index (χ2v) is 8.31. The lowest BCUT2D eigenvalue weighted by Gasteiger charge is -2.47. The van der Waals surface area contributed by atoms with Crippen LogP contribution in [0.15, 0.2) is 60.2 Å². The van der Waals surface area contributed by atoms with Crippen LogP contribution >= 0.6 is 0 Å². The summed E-state index contributed by atoms with van der Waals surface area (Å²) in [6.07, 6.45) is 1.46. The predicted octanol–water partition coefficient (Wildman–Crippen LogP) is 4.26. The molecule has 34 heavy (non-hydrogen) atoms. The van der Waals surface area contributed by atoms with Crippen LogP contribution in [0.1, 0.15) is 11.1 Å². The lowest BCUT2D eigenvalue weighted by atomic mass is 9.47. The summed E-state index contributed by atoms with van der Waals surface area (Å²) in [5.74, 6) is 0. The van der Waals surface area contributed by atoms with Crippen molar-refractivity contribution in [3.8, 4) is 30.3 Å². The van der Waals surface area contributed by atoms with Gasteiger partial charge in [0.2, 0.25) is 0 Å². The molecule has 0 heterocycles. The van der Waals surface area contributed by atoms with Crippen LogP contribution in [0.25, 0.3) is 11.1 Å². The summed E-state index contributed by atoms with van der Waals surface area (Å²) in [5, 5.41) is 50.3. The van der Waals surface area contributed by atoms with Crippen molar-refractivity contribution < 1.29 is 0 Å². The fraction of sp³-hybridized carbons (Fsp3) is 0.222. The standard InChI is InChI=1S/C27H21N7/c1-33(2)22-9-5-19(6-10-22)24-13-26(16-30,17-31)27(24,18-32)25(21(14-28)15-29)20-7-11-23(12-8-20)34(3)4/h5-13H,1-4H3. The molecule has 164 valence electrons. The average Bonchev–Trinajstić information content (AvgIpc) is 2.84. The monoisotopic (exact) mass is 443 g/mol. The van der Waals surface area contributed by atoms with Crippen molar-refractivity contribution in [1.82, 2.24) is 0 Å². The molecule has 2 aromatic rings. The summed E-state index contributed by atoms with van der Waals surface area (Å²) in [5.41, 5.74) is -0.683. The van der Waals surface area contributed by atoms with E-state index in [1.165, 1.54) is 6.08 Å². The maximum Gasteiger partial charge on any atom is 0.189 e. The highest BCUT2D eigenvalue weighted by molar-refractivity contribution is 6.00. The molecule has 0 aliphatic heterocycles. The number of hydrogen-bond acceptors (Lipinski definition) is 7. The Hall–Kier alpha value is -5.03. The largest absolute Gasteiger partial charge is 0.378 e. The van der Waals surface area contributed by atoms with E-state index in [0.29, 0.717) is 16.7 Å². The van der Waals surface area contributed by atoms with Crippen LogP contribution in [0.2, 0.25) is 0 Å². The third-order valence-electron chi connectivity index (χ3n) is 6.09. The zero-order valence-electron chi connectivity index (χ0n) is 19.3. The van der Waals surface area contributed by atoms with Gasteiger partial charge in [-0.15, -0.1) is 0 Å². The molecule has 0 radical (unpaired) electrons. The van der Waals surface area contributed by atoms with E-state index >= 15 is 0 Å². The lowest BCUT2D eigenvalue weighted by molar-refractivity contribution is 0.426. The van der Waals surface area contributed by atoms with Crippen LogP contribution in [-0.2, 0) is 0 Å². The van der Waals surface area contributed by atoms with E-state index in [1.807, 2.05) is 74.4 Å². The molecule has 0 spiro atoms. The van der Waals surface area contributed by atoms with Crippen molar-refractivity contribution in [2.24, 2.45) is 10.8 Å².